The molecule has 0 radical (unpaired) electrons. The van der Waals surface area contributed by atoms with E-state index >= 15 is 0 Å². The molecule has 0 aromatic carbocycles. The van der Waals surface area contributed by atoms with E-state index in [1.165, 1.54) is 23.4 Å². The van der Waals surface area contributed by atoms with E-state index in [9.17, 15) is 4.79 Å². The van der Waals surface area contributed by atoms with Crippen LogP contribution in [0.5, 0.6) is 0 Å². The Balaban J connectivity index is 1.92. The Labute approximate surface area is 123 Å². The van der Waals surface area contributed by atoms with E-state index in [1.807, 2.05) is 26.3 Å². The van der Waals surface area contributed by atoms with Gasteiger partial charge in [-0.3, -0.25) is 0 Å². The van der Waals surface area contributed by atoms with E-state index in [1.54, 1.807) is 11.3 Å². The third-order valence-corrected chi connectivity index (χ3v) is 4.14. The zero-order valence-electron chi connectivity index (χ0n) is 12.3. The summed E-state index contributed by atoms with van der Waals surface area (Å²) in [5.41, 5.74) is 8.42. The molecule has 1 unspecified atom stereocenters. The Bertz CT molecular complexity index is 463. The predicted octanol–water partition coefficient (Wildman–Crippen LogP) is 2.59. The molecule has 1 aliphatic rings. The fourth-order valence-corrected chi connectivity index (χ4v) is 3.03. The van der Waals surface area contributed by atoms with Gasteiger partial charge in [-0.15, -0.1) is 11.3 Å². The van der Waals surface area contributed by atoms with Crippen molar-refractivity contribution in [3.63, 3.8) is 0 Å². The molecule has 1 aromatic heterocycles. The van der Waals surface area contributed by atoms with Crippen LogP contribution in [0, 0.1) is 0 Å². The first-order valence-electron chi connectivity index (χ1n) is 7.01. The fraction of sp³-hybridized carbons (Fsp3) is 0.714. The van der Waals surface area contributed by atoms with Crippen LogP contribution in [0.4, 0.5) is 4.79 Å². The molecule has 2 rings (SSSR count). The number of amides is 1. The van der Waals surface area contributed by atoms with Crippen molar-refractivity contribution in [2.45, 2.75) is 51.0 Å². The second-order valence-corrected chi connectivity index (χ2v) is 7.08. The molecule has 3 N–H and O–H groups in total. The number of alkyl carbamates (subject to hydrolysis) is 1. The molecule has 20 heavy (non-hydrogen) atoms. The molecule has 1 fully saturated rings. The average molecular weight is 297 g/mol. The van der Waals surface area contributed by atoms with Crippen LogP contribution in [-0.2, 0) is 4.74 Å². The number of ether oxygens (including phenoxy) is 1. The summed E-state index contributed by atoms with van der Waals surface area (Å²) in [6.45, 7) is 6.54. The molecule has 6 heteroatoms. The molecular formula is C14H23N3O2S. The number of thiazole rings is 1. The topological polar surface area (TPSA) is 77.2 Å². The van der Waals surface area contributed by atoms with Crippen molar-refractivity contribution in [2.75, 3.05) is 13.1 Å². The van der Waals surface area contributed by atoms with Crippen molar-refractivity contribution in [1.82, 2.24) is 10.3 Å². The molecule has 1 aliphatic carbocycles. The van der Waals surface area contributed by atoms with Crippen LogP contribution in [0.15, 0.2) is 5.51 Å². The molecule has 1 heterocycles. The van der Waals surface area contributed by atoms with E-state index in [2.05, 4.69) is 10.3 Å². The van der Waals surface area contributed by atoms with E-state index in [-0.39, 0.29) is 5.92 Å². The van der Waals surface area contributed by atoms with Crippen LogP contribution in [0.25, 0.3) is 0 Å². The molecular weight excluding hydrogens is 274 g/mol. The van der Waals surface area contributed by atoms with Gasteiger partial charge in [-0.2, -0.15) is 0 Å². The van der Waals surface area contributed by atoms with Crippen LogP contribution < -0.4 is 11.1 Å². The number of hydrogen-bond donors (Lipinski definition) is 2. The molecule has 0 aliphatic heterocycles. The Hall–Kier alpha value is -1.14. The van der Waals surface area contributed by atoms with Gasteiger partial charge in [-0.25, -0.2) is 9.78 Å². The van der Waals surface area contributed by atoms with Gasteiger partial charge in [-0.05, 0) is 33.6 Å². The van der Waals surface area contributed by atoms with Gasteiger partial charge in [0, 0.05) is 29.8 Å². The number of carbonyl (C=O) groups excluding carboxylic acids is 1. The highest BCUT2D eigenvalue weighted by atomic mass is 32.1. The first-order valence-corrected chi connectivity index (χ1v) is 7.89. The predicted molar refractivity (Wildman–Crippen MR) is 80.1 cm³/mol. The first kappa shape index (κ1) is 15.3. The molecule has 0 spiro atoms. The third-order valence-electron chi connectivity index (χ3n) is 3.13. The molecule has 1 atom stereocenters. The van der Waals surface area contributed by atoms with Gasteiger partial charge < -0.3 is 15.8 Å². The first-order chi connectivity index (χ1) is 9.40. The van der Waals surface area contributed by atoms with Gasteiger partial charge in [0.1, 0.15) is 5.60 Å². The van der Waals surface area contributed by atoms with Crippen molar-refractivity contribution in [3.05, 3.63) is 16.1 Å². The van der Waals surface area contributed by atoms with Crippen LogP contribution in [0.3, 0.4) is 0 Å². The van der Waals surface area contributed by atoms with Crippen molar-refractivity contribution >= 4 is 17.4 Å². The minimum Gasteiger partial charge on any atom is -0.444 e. The summed E-state index contributed by atoms with van der Waals surface area (Å²) in [7, 11) is 0. The lowest BCUT2D eigenvalue weighted by atomic mass is 10.0. The molecule has 0 saturated heterocycles. The van der Waals surface area contributed by atoms with Gasteiger partial charge in [0.15, 0.2) is 0 Å². The second-order valence-electron chi connectivity index (χ2n) is 6.19. The van der Waals surface area contributed by atoms with Crippen molar-refractivity contribution in [1.29, 1.82) is 0 Å². The van der Waals surface area contributed by atoms with Crippen LogP contribution in [0.1, 0.15) is 56.0 Å². The summed E-state index contributed by atoms with van der Waals surface area (Å²) in [6.07, 6.45) is 2.04. The summed E-state index contributed by atoms with van der Waals surface area (Å²) in [5, 5.41) is 2.80. The van der Waals surface area contributed by atoms with Crippen molar-refractivity contribution in [3.8, 4) is 0 Å². The van der Waals surface area contributed by atoms with Crippen LogP contribution in [0.2, 0.25) is 0 Å². The highest BCUT2D eigenvalue weighted by molar-refractivity contribution is 7.09. The van der Waals surface area contributed by atoms with Crippen LogP contribution >= 0.6 is 11.3 Å². The summed E-state index contributed by atoms with van der Waals surface area (Å²) >= 11 is 1.63. The zero-order valence-corrected chi connectivity index (χ0v) is 13.1. The van der Waals surface area contributed by atoms with E-state index < -0.39 is 11.7 Å². The average Bonchev–Trinajstić information content (AvgIpc) is 3.07. The lowest BCUT2D eigenvalue weighted by Gasteiger charge is -2.21. The lowest BCUT2D eigenvalue weighted by molar-refractivity contribution is 0.0525. The monoisotopic (exact) mass is 297 g/mol. The quantitative estimate of drug-likeness (QED) is 0.875. The number of aromatic nitrogens is 1. The number of rotatable bonds is 5. The number of nitrogens with zero attached hydrogens (tertiary/aromatic N) is 1. The van der Waals surface area contributed by atoms with Crippen molar-refractivity contribution in [2.24, 2.45) is 5.73 Å². The van der Waals surface area contributed by atoms with Crippen molar-refractivity contribution < 1.29 is 9.53 Å². The van der Waals surface area contributed by atoms with Gasteiger partial charge >= 0.3 is 6.09 Å². The zero-order chi connectivity index (χ0) is 14.8. The number of nitrogens with two attached hydrogens (primary N) is 1. The third kappa shape index (κ3) is 4.18. The minimum atomic E-state index is -0.480. The number of carbonyl (C=O) groups is 1. The number of nitrogens with one attached hydrogen (secondary N) is 1. The minimum absolute atomic E-state index is 0.116. The van der Waals surface area contributed by atoms with E-state index in [0.717, 1.165) is 0 Å². The van der Waals surface area contributed by atoms with E-state index in [0.29, 0.717) is 19.0 Å². The number of hydrogen-bond acceptors (Lipinski definition) is 5. The standard InChI is InChI=1S/C14H23N3O2S/c1-14(2,3)19-13(18)16-7-10(6-15)12-11(9-4-5-9)17-8-20-12/h8-10H,4-7,15H2,1-3H3,(H,16,18). The Morgan fingerprint density at radius 2 is 2.30 bits per heavy atom. The molecule has 0 bridgehead atoms. The normalized spacial score (nSPS) is 16.8. The fourth-order valence-electron chi connectivity index (χ4n) is 2.04. The lowest BCUT2D eigenvalue weighted by Crippen LogP contribution is -2.36. The Morgan fingerprint density at radius 1 is 1.60 bits per heavy atom. The molecule has 112 valence electrons. The highest BCUT2D eigenvalue weighted by Gasteiger charge is 2.31. The van der Waals surface area contributed by atoms with Gasteiger partial charge in [0.25, 0.3) is 0 Å². The molecule has 1 saturated carbocycles. The Morgan fingerprint density at radius 3 is 2.85 bits per heavy atom. The van der Waals surface area contributed by atoms with E-state index in [4.69, 9.17) is 10.5 Å². The van der Waals surface area contributed by atoms with Gasteiger partial charge in [-0.1, -0.05) is 0 Å². The maximum atomic E-state index is 11.7. The summed E-state index contributed by atoms with van der Waals surface area (Å²) in [5.74, 6) is 0.720. The highest BCUT2D eigenvalue weighted by Crippen LogP contribution is 2.43. The SMILES string of the molecule is CC(C)(C)OC(=O)NCC(CN)c1scnc1C1CC1. The maximum absolute atomic E-state index is 11.7. The smallest absolute Gasteiger partial charge is 0.407 e. The molecule has 5 nitrogen and oxygen atoms in total. The largest absolute Gasteiger partial charge is 0.444 e. The second kappa shape index (κ2) is 6.10. The summed E-state index contributed by atoms with van der Waals surface area (Å²) in [6, 6.07) is 0. The Kier molecular flexibility index (Phi) is 4.65. The summed E-state index contributed by atoms with van der Waals surface area (Å²) in [4.78, 5) is 17.4. The molecule has 1 amide bonds. The van der Waals surface area contributed by atoms with Gasteiger partial charge in [0.05, 0.1) is 11.2 Å². The van der Waals surface area contributed by atoms with Crippen LogP contribution in [-0.4, -0.2) is 29.8 Å². The molecule has 1 aromatic rings. The summed E-state index contributed by atoms with van der Waals surface area (Å²) < 4.78 is 5.24. The van der Waals surface area contributed by atoms with Gasteiger partial charge in [0.2, 0.25) is 0 Å². The maximum Gasteiger partial charge on any atom is 0.407 e.